The molecule has 0 aliphatic heterocycles. The molecule has 2 aromatic heterocycles. The average molecular weight is 452 g/mol. The van der Waals surface area contributed by atoms with Crippen LogP contribution in [0, 0.1) is 11.3 Å². The van der Waals surface area contributed by atoms with Crippen LogP contribution >= 0.6 is 11.3 Å². The van der Waals surface area contributed by atoms with Crippen molar-refractivity contribution in [3.63, 3.8) is 0 Å². The van der Waals surface area contributed by atoms with Crippen LogP contribution in [-0.2, 0) is 0 Å². The molecular formula is C31H17NOS. The van der Waals surface area contributed by atoms with Crippen LogP contribution < -0.4 is 0 Å². The molecule has 0 saturated heterocycles. The molecule has 0 N–H and O–H groups in total. The Bertz CT molecular complexity index is 1930. The lowest BCUT2D eigenvalue weighted by Gasteiger charge is -2.08. The molecule has 7 aromatic rings. The number of rotatable bonds is 2. The van der Waals surface area contributed by atoms with E-state index in [9.17, 15) is 5.26 Å². The van der Waals surface area contributed by atoms with Crippen molar-refractivity contribution in [2.24, 2.45) is 0 Å². The highest BCUT2D eigenvalue weighted by atomic mass is 32.1. The molecule has 0 atom stereocenters. The van der Waals surface area contributed by atoms with Gasteiger partial charge in [0.1, 0.15) is 11.2 Å². The number of hydrogen-bond acceptors (Lipinski definition) is 3. The van der Waals surface area contributed by atoms with E-state index in [1.807, 2.05) is 23.5 Å². The van der Waals surface area contributed by atoms with E-state index in [0.29, 0.717) is 5.56 Å². The Labute approximate surface area is 199 Å². The summed E-state index contributed by atoms with van der Waals surface area (Å²) in [4.78, 5) is 0. The average Bonchev–Trinajstić information content (AvgIpc) is 3.46. The molecule has 7 rings (SSSR count). The Morgan fingerprint density at radius 1 is 0.618 bits per heavy atom. The first-order valence-electron chi connectivity index (χ1n) is 11.2. The van der Waals surface area contributed by atoms with Gasteiger partial charge in [0, 0.05) is 36.5 Å². The first-order chi connectivity index (χ1) is 16.8. The van der Waals surface area contributed by atoms with Crippen molar-refractivity contribution in [1.29, 1.82) is 5.26 Å². The summed E-state index contributed by atoms with van der Waals surface area (Å²) in [6.45, 7) is 0. The zero-order chi connectivity index (χ0) is 22.6. The molecule has 158 valence electrons. The second-order valence-electron chi connectivity index (χ2n) is 8.47. The van der Waals surface area contributed by atoms with Crippen LogP contribution in [0.2, 0.25) is 0 Å². The first-order valence-corrected chi connectivity index (χ1v) is 12.0. The molecule has 0 saturated carbocycles. The molecule has 0 radical (unpaired) electrons. The number of hydrogen-bond donors (Lipinski definition) is 0. The number of nitriles is 1. The van der Waals surface area contributed by atoms with Crippen LogP contribution in [0.5, 0.6) is 0 Å². The van der Waals surface area contributed by atoms with E-state index < -0.39 is 0 Å². The summed E-state index contributed by atoms with van der Waals surface area (Å²) >= 11 is 1.85. The molecule has 0 aliphatic rings. The van der Waals surface area contributed by atoms with Gasteiger partial charge in [-0.2, -0.15) is 5.26 Å². The summed E-state index contributed by atoms with van der Waals surface area (Å²) in [5.74, 6) is 0. The van der Waals surface area contributed by atoms with Crippen molar-refractivity contribution in [3.8, 4) is 28.3 Å². The molecule has 0 fully saturated rings. The van der Waals surface area contributed by atoms with Crippen molar-refractivity contribution in [3.05, 3.63) is 109 Å². The van der Waals surface area contributed by atoms with Gasteiger partial charge in [0.2, 0.25) is 0 Å². The fourth-order valence-electron chi connectivity index (χ4n) is 4.92. The van der Waals surface area contributed by atoms with Gasteiger partial charge in [-0.25, -0.2) is 0 Å². The molecule has 0 aliphatic carbocycles. The molecule has 0 amide bonds. The fourth-order valence-corrected chi connectivity index (χ4v) is 6.16. The minimum Gasteiger partial charge on any atom is -0.455 e. The molecule has 0 bridgehead atoms. The van der Waals surface area contributed by atoms with E-state index in [0.717, 1.165) is 33.1 Å². The van der Waals surface area contributed by atoms with Crippen molar-refractivity contribution in [2.75, 3.05) is 0 Å². The summed E-state index contributed by atoms with van der Waals surface area (Å²) in [5, 5.41) is 13.9. The number of fused-ring (bicyclic) bond motifs is 6. The maximum absolute atomic E-state index is 9.32. The van der Waals surface area contributed by atoms with Crippen LogP contribution in [0.15, 0.2) is 108 Å². The van der Waals surface area contributed by atoms with Crippen molar-refractivity contribution in [2.45, 2.75) is 0 Å². The molecule has 0 spiro atoms. The number of furan rings is 1. The highest BCUT2D eigenvalue weighted by molar-refractivity contribution is 7.26. The van der Waals surface area contributed by atoms with Crippen molar-refractivity contribution in [1.82, 2.24) is 0 Å². The van der Waals surface area contributed by atoms with Gasteiger partial charge >= 0.3 is 0 Å². The quantitative estimate of drug-likeness (QED) is 0.263. The molecule has 2 nitrogen and oxygen atoms in total. The predicted molar refractivity (Wildman–Crippen MR) is 142 cm³/mol. The second-order valence-corrected chi connectivity index (χ2v) is 9.52. The summed E-state index contributed by atoms with van der Waals surface area (Å²) in [6.07, 6.45) is 0. The topological polar surface area (TPSA) is 36.9 Å². The lowest BCUT2D eigenvalue weighted by atomic mass is 9.97. The molecule has 5 aromatic carbocycles. The third-order valence-corrected chi connectivity index (χ3v) is 7.73. The van der Waals surface area contributed by atoms with E-state index in [4.69, 9.17) is 4.42 Å². The SMILES string of the molecule is N#Cc1ccc2oc3c(-c4cccc(-c5cccc6c5sc5ccccc56)c4)cccc3c2c1. The summed E-state index contributed by atoms with van der Waals surface area (Å²) < 4.78 is 8.91. The Balaban J connectivity index is 1.44. The van der Waals surface area contributed by atoms with E-state index >= 15 is 0 Å². The zero-order valence-electron chi connectivity index (χ0n) is 18.1. The van der Waals surface area contributed by atoms with Gasteiger partial charge in [0.15, 0.2) is 0 Å². The number of benzene rings is 5. The van der Waals surface area contributed by atoms with Gasteiger partial charge in [0.05, 0.1) is 11.6 Å². The van der Waals surface area contributed by atoms with Crippen LogP contribution in [0.4, 0.5) is 0 Å². The third kappa shape index (κ3) is 2.80. The Morgan fingerprint density at radius 3 is 2.24 bits per heavy atom. The molecular weight excluding hydrogens is 434 g/mol. The lowest BCUT2D eigenvalue weighted by molar-refractivity contribution is 0.670. The highest BCUT2D eigenvalue weighted by Crippen LogP contribution is 2.41. The third-order valence-electron chi connectivity index (χ3n) is 6.51. The van der Waals surface area contributed by atoms with E-state index in [2.05, 4.69) is 91.0 Å². The maximum atomic E-state index is 9.32. The maximum Gasteiger partial charge on any atom is 0.143 e. The summed E-state index contributed by atoms with van der Waals surface area (Å²) in [7, 11) is 0. The minimum atomic E-state index is 0.638. The van der Waals surface area contributed by atoms with Crippen LogP contribution in [0.1, 0.15) is 5.56 Å². The number of thiophene rings is 1. The first kappa shape index (κ1) is 19.1. The second kappa shape index (κ2) is 7.31. The van der Waals surface area contributed by atoms with E-state index in [1.165, 1.54) is 31.3 Å². The van der Waals surface area contributed by atoms with Crippen LogP contribution in [0.25, 0.3) is 64.4 Å². The van der Waals surface area contributed by atoms with Gasteiger partial charge in [-0.15, -0.1) is 11.3 Å². The molecule has 2 heterocycles. The van der Waals surface area contributed by atoms with Gasteiger partial charge in [0.25, 0.3) is 0 Å². The van der Waals surface area contributed by atoms with E-state index in [-0.39, 0.29) is 0 Å². The van der Waals surface area contributed by atoms with Crippen LogP contribution in [-0.4, -0.2) is 0 Å². The van der Waals surface area contributed by atoms with E-state index in [1.54, 1.807) is 6.07 Å². The Morgan fingerprint density at radius 2 is 1.35 bits per heavy atom. The molecule has 34 heavy (non-hydrogen) atoms. The smallest absolute Gasteiger partial charge is 0.143 e. The predicted octanol–water partition coefficient (Wildman–Crippen LogP) is 9.16. The number of nitrogens with zero attached hydrogens (tertiary/aromatic N) is 1. The van der Waals surface area contributed by atoms with Gasteiger partial charge < -0.3 is 4.42 Å². The van der Waals surface area contributed by atoms with Crippen molar-refractivity contribution < 1.29 is 4.42 Å². The van der Waals surface area contributed by atoms with Crippen LogP contribution in [0.3, 0.4) is 0 Å². The fraction of sp³-hybridized carbons (Fsp3) is 0. The summed E-state index contributed by atoms with van der Waals surface area (Å²) in [5.41, 5.74) is 6.89. The Kier molecular flexibility index (Phi) is 4.11. The van der Waals surface area contributed by atoms with Gasteiger partial charge in [-0.3, -0.25) is 0 Å². The number of para-hydroxylation sites is 1. The monoisotopic (exact) mass is 451 g/mol. The standard InChI is InChI=1S/C31H17NOS/c32-18-19-14-15-28-27(16-19)25-11-4-9-22(30(25)33-28)20-6-3-7-21(17-20)23-10-5-12-26-24-8-1-2-13-29(24)34-31(23)26/h1-17H. The lowest BCUT2D eigenvalue weighted by Crippen LogP contribution is -1.83. The van der Waals surface area contributed by atoms with Gasteiger partial charge in [-0.05, 0) is 47.0 Å². The van der Waals surface area contributed by atoms with Gasteiger partial charge in [-0.1, -0.05) is 72.8 Å². The minimum absolute atomic E-state index is 0.638. The van der Waals surface area contributed by atoms with Crippen molar-refractivity contribution >= 4 is 53.4 Å². The highest BCUT2D eigenvalue weighted by Gasteiger charge is 2.14. The molecule has 3 heteroatoms. The zero-order valence-corrected chi connectivity index (χ0v) is 18.9. The largest absolute Gasteiger partial charge is 0.455 e. The Hall–Kier alpha value is -4.39. The summed E-state index contributed by atoms with van der Waals surface area (Å²) in [6, 6.07) is 37.9. The normalized spacial score (nSPS) is 11.5. The molecule has 0 unspecified atom stereocenters.